The highest BCUT2D eigenvalue weighted by Crippen LogP contribution is 2.34. The fourth-order valence-electron chi connectivity index (χ4n) is 6.20. The molecule has 0 saturated carbocycles. The number of nitrogens with zero attached hydrogens (tertiary/aromatic N) is 3. The monoisotopic (exact) mass is 699 g/mol. The van der Waals surface area contributed by atoms with E-state index < -0.39 is 26.0 Å². The number of methoxy groups -OCH3 is 1. The Hall–Kier alpha value is -3.89. The molecule has 2 N–H and O–H groups in total. The van der Waals surface area contributed by atoms with Crippen molar-refractivity contribution in [3.05, 3.63) is 66.2 Å². The summed E-state index contributed by atoms with van der Waals surface area (Å²) < 4.78 is 75.3. The molecule has 3 saturated heterocycles. The van der Waals surface area contributed by atoms with E-state index in [1.54, 1.807) is 48.5 Å². The van der Waals surface area contributed by atoms with Crippen LogP contribution in [0.25, 0.3) is 0 Å². The van der Waals surface area contributed by atoms with Crippen LogP contribution >= 0.6 is 0 Å². The van der Waals surface area contributed by atoms with Crippen LogP contribution in [0.15, 0.2) is 70.5 Å². The van der Waals surface area contributed by atoms with Crippen molar-refractivity contribution >= 4 is 48.7 Å². The minimum absolute atomic E-state index is 0.0160. The molecule has 0 unspecified atom stereocenters. The number of hydrogen-bond donors (Lipinski definition) is 2. The van der Waals surface area contributed by atoms with Crippen LogP contribution in [0.5, 0.6) is 5.75 Å². The number of sulfonamides is 2. The number of morpholine rings is 2. The van der Waals surface area contributed by atoms with Gasteiger partial charge in [-0.15, -0.1) is 0 Å². The van der Waals surface area contributed by atoms with Crippen LogP contribution in [0.4, 0.5) is 22.7 Å². The third-order valence-electron chi connectivity index (χ3n) is 8.73. The van der Waals surface area contributed by atoms with Crippen LogP contribution in [0.1, 0.15) is 29.6 Å². The number of carbonyl (C=O) groups excluding carboxylic acids is 1. The van der Waals surface area contributed by atoms with Crippen molar-refractivity contribution in [1.29, 1.82) is 0 Å². The van der Waals surface area contributed by atoms with E-state index >= 15 is 0 Å². The Balaban J connectivity index is 1.36. The normalized spacial score (nSPS) is 17.9. The van der Waals surface area contributed by atoms with E-state index in [4.69, 9.17) is 14.2 Å². The third-order valence-corrected chi connectivity index (χ3v) is 12.0. The Morgan fingerprint density at radius 1 is 0.750 bits per heavy atom. The van der Waals surface area contributed by atoms with Crippen molar-refractivity contribution in [2.24, 2.45) is 0 Å². The fourth-order valence-corrected chi connectivity index (χ4v) is 8.96. The minimum Gasteiger partial charge on any atom is -0.495 e. The number of rotatable bonds is 10. The summed E-state index contributed by atoms with van der Waals surface area (Å²) in [5, 5.41) is 2.87. The van der Waals surface area contributed by atoms with Gasteiger partial charge in [0.15, 0.2) is 0 Å². The quantitative estimate of drug-likeness (QED) is 0.322. The molecule has 258 valence electrons. The van der Waals surface area contributed by atoms with Gasteiger partial charge in [-0.2, -0.15) is 4.31 Å². The average molecular weight is 700 g/mol. The number of benzene rings is 3. The largest absolute Gasteiger partial charge is 0.495 e. The summed E-state index contributed by atoms with van der Waals surface area (Å²) in [4.78, 5) is 18.1. The topological polar surface area (TPSA) is 147 Å². The van der Waals surface area contributed by atoms with Gasteiger partial charge in [-0.1, -0.05) is 12.1 Å². The molecule has 3 fully saturated rings. The Kier molecular flexibility index (Phi) is 10.4. The van der Waals surface area contributed by atoms with E-state index in [0.29, 0.717) is 56.6 Å². The summed E-state index contributed by atoms with van der Waals surface area (Å²) in [6, 6.07) is 16.1. The Morgan fingerprint density at radius 2 is 1.40 bits per heavy atom. The van der Waals surface area contributed by atoms with Crippen LogP contribution < -0.4 is 24.6 Å². The SMILES string of the molecule is COc1ccccc1NS(=O)(=O)c1cc(NC(=O)c2cc(S(=O)(=O)N3CCOCC3)ccc2N2CCCCC2)ccc1N1CCOCC1. The lowest BCUT2D eigenvalue weighted by Gasteiger charge is -2.31. The molecule has 0 bridgehead atoms. The number of carbonyl (C=O) groups is 1. The molecule has 13 nitrogen and oxygen atoms in total. The third kappa shape index (κ3) is 7.39. The van der Waals surface area contributed by atoms with Crippen LogP contribution in [-0.2, 0) is 29.5 Å². The van der Waals surface area contributed by atoms with Crippen molar-refractivity contribution in [3.8, 4) is 5.75 Å². The maximum absolute atomic E-state index is 14.1. The second-order valence-electron chi connectivity index (χ2n) is 11.8. The van der Waals surface area contributed by atoms with Crippen LogP contribution in [-0.4, -0.2) is 99.9 Å². The predicted molar refractivity (Wildman–Crippen MR) is 183 cm³/mol. The summed E-state index contributed by atoms with van der Waals surface area (Å²) in [5.74, 6) is -0.189. The second kappa shape index (κ2) is 14.7. The first-order valence-electron chi connectivity index (χ1n) is 16.1. The Morgan fingerprint density at radius 3 is 2.10 bits per heavy atom. The molecule has 3 aliphatic heterocycles. The number of para-hydroxylation sites is 2. The molecule has 3 aromatic rings. The van der Waals surface area contributed by atoms with Crippen molar-refractivity contribution in [1.82, 2.24) is 4.31 Å². The number of piperidine rings is 1. The minimum atomic E-state index is -4.18. The molecule has 0 radical (unpaired) electrons. The average Bonchev–Trinajstić information content (AvgIpc) is 3.12. The van der Waals surface area contributed by atoms with Gasteiger partial charge < -0.3 is 29.3 Å². The smallest absolute Gasteiger partial charge is 0.264 e. The predicted octanol–water partition coefficient (Wildman–Crippen LogP) is 3.60. The highest BCUT2D eigenvalue weighted by Gasteiger charge is 2.30. The molecule has 0 aliphatic carbocycles. The summed E-state index contributed by atoms with van der Waals surface area (Å²) in [6.07, 6.45) is 2.99. The molecular weight excluding hydrogens is 659 g/mol. The van der Waals surface area contributed by atoms with Crippen LogP contribution in [0.3, 0.4) is 0 Å². The van der Waals surface area contributed by atoms with Crippen LogP contribution in [0, 0.1) is 0 Å². The van der Waals surface area contributed by atoms with Gasteiger partial charge in [0.2, 0.25) is 10.0 Å². The Labute approximate surface area is 281 Å². The molecule has 3 aromatic carbocycles. The van der Waals surface area contributed by atoms with E-state index in [1.165, 1.54) is 23.5 Å². The zero-order chi connectivity index (χ0) is 33.7. The first-order valence-corrected chi connectivity index (χ1v) is 19.0. The summed E-state index contributed by atoms with van der Waals surface area (Å²) in [6.45, 7) is 4.41. The molecule has 3 heterocycles. The number of amides is 1. The molecule has 6 rings (SSSR count). The highest BCUT2D eigenvalue weighted by atomic mass is 32.2. The Bertz CT molecular complexity index is 1840. The molecule has 0 spiro atoms. The van der Waals surface area contributed by atoms with Crippen molar-refractivity contribution in [3.63, 3.8) is 0 Å². The molecule has 1 amide bonds. The van der Waals surface area contributed by atoms with Gasteiger partial charge in [0.25, 0.3) is 15.9 Å². The fraction of sp³-hybridized carbons (Fsp3) is 0.424. The summed E-state index contributed by atoms with van der Waals surface area (Å²) in [5.41, 5.74) is 1.80. The lowest BCUT2D eigenvalue weighted by Crippen LogP contribution is -2.40. The maximum atomic E-state index is 14.1. The standard InChI is InChI=1S/C33H41N5O8S2/c1-44-31-8-4-3-7-28(31)35-47(40,41)32-23-25(9-11-30(32)37-15-19-45-20-16-37)34-33(39)27-24-26(48(42,43)38-17-21-46-22-18-38)10-12-29(27)36-13-5-2-6-14-36/h3-4,7-12,23-24,35H,2,5-6,13-22H2,1H3,(H,34,39). The molecule has 0 atom stereocenters. The van der Waals surface area contributed by atoms with Gasteiger partial charge in [-0.3, -0.25) is 9.52 Å². The summed E-state index contributed by atoms with van der Waals surface area (Å²) in [7, 11) is -6.60. The van der Waals surface area contributed by atoms with Gasteiger partial charge in [-0.05, 0) is 67.8 Å². The number of anilines is 4. The second-order valence-corrected chi connectivity index (χ2v) is 15.4. The molecule has 0 aromatic heterocycles. The van der Waals surface area contributed by atoms with Crippen molar-refractivity contribution < 1.29 is 35.8 Å². The van der Waals surface area contributed by atoms with E-state index in [-0.39, 0.29) is 39.8 Å². The molecular formula is C33H41N5O8S2. The van der Waals surface area contributed by atoms with Gasteiger partial charge >= 0.3 is 0 Å². The molecule has 3 aliphatic rings. The van der Waals surface area contributed by atoms with Gasteiger partial charge in [0.05, 0.1) is 55.4 Å². The van der Waals surface area contributed by atoms with E-state index in [1.807, 2.05) is 4.90 Å². The number of hydrogen-bond acceptors (Lipinski definition) is 10. The number of nitrogens with one attached hydrogen (secondary N) is 2. The van der Waals surface area contributed by atoms with Gasteiger partial charge in [0.1, 0.15) is 10.6 Å². The lowest BCUT2D eigenvalue weighted by atomic mass is 10.1. The van der Waals surface area contributed by atoms with Crippen LogP contribution in [0.2, 0.25) is 0 Å². The first kappa shape index (κ1) is 34.0. The zero-order valence-corrected chi connectivity index (χ0v) is 28.5. The van der Waals surface area contributed by atoms with Gasteiger partial charge in [0, 0.05) is 50.6 Å². The lowest BCUT2D eigenvalue weighted by molar-refractivity contribution is 0.0730. The first-order chi connectivity index (χ1) is 23.2. The van der Waals surface area contributed by atoms with E-state index in [0.717, 1.165) is 32.4 Å². The summed E-state index contributed by atoms with van der Waals surface area (Å²) >= 11 is 0. The number of ether oxygens (including phenoxy) is 3. The van der Waals surface area contributed by atoms with E-state index in [2.05, 4.69) is 14.9 Å². The van der Waals surface area contributed by atoms with Crippen molar-refractivity contribution in [2.75, 3.05) is 92.6 Å². The van der Waals surface area contributed by atoms with Gasteiger partial charge in [-0.25, -0.2) is 16.8 Å². The maximum Gasteiger partial charge on any atom is 0.264 e. The molecule has 15 heteroatoms. The van der Waals surface area contributed by atoms with Crippen molar-refractivity contribution in [2.45, 2.75) is 29.1 Å². The zero-order valence-electron chi connectivity index (χ0n) is 26.9. The highest BCUT2D eigenvalue weighted by molar-refractivity contribution is 7.93. The molecule has 48 heavy (non-hydrogen) atoms. The van der Waals surface area contributed by atoms with E-state index in [9.17, 15) is 21.6 Å².